The van der Waals surface area contributed by atoms with Crippen LogP contribution in [-0.2, 0) is 11.0 Å². The molecule has 6 nitrogen and oxygen atoms in total. The lowest BCUT2D eigenvalue weighted by Gasteiger charge is -2.23. The molecule has 0 saturated carbocycles. The number of carboxylic acid groups (broad SMARTS) is 1. The number of benzene rings is 2. The lowest BCUT2D eigenvalue weighted by Crippen LogP contribution is -2.26. The van der Waals surface area contributed by atoms with Crippen molar-refractivity contribution in [2.24, 2.45) is 5.92 Å². The maximum absolute atomic E-state index is 12.7. The molecule has 0 fully saturated rings. The zero-order chi connectivity index (χ0) is 25.6. The Hall–Kier alpha value is -3.88. The Morgan fingerprint density at radius 3 is 2.11 bits per heavy atom. The molecule has 3 rings (SSSR count). The molecule has 0 radical (unpaired) electrons. The minimum atomic E-state index is -4.48. The third-order valence-corrected chi connectivity index (χ3v) is 5.24. The standard InChI is InChI=1S/C26H25F3N2O4/c1-16(2)24(18-3-5-19(6-4-18)25(34)30-14-13-23(32)33)35-21-10-7-17(8-11-21)20-9-12-22(31-15-20)26(27,28)29/h3-12,15-16,24H,13-14H2,1-2H3,(H,30,34)(H,32,33). The number of rotatable bonds is 9. The van der Waals surface area contributed by atoms with Crippen LogP contribution in [0.1, 0.15) is 48.0 Å². The van der Waals surface area contributed by atoms with Gasteiger partial charge in [0.15, 0.2) is 0 Å². The molecule has 9 heteroatoms. The number of carboxylic acids is 1. The van der Waals surface area contributed by atoms with E-state index in [0.29, 0.717) is 22.4 Å². The molecule has 0 spiro atoms. The molecule has 1 heterocycles. The van der Waals surface area contributed by atoms with Gasteiger partial charge in [0, 0.05) is 23.9 Å². The summed E-state index contributed by atoms with van der Waals surface area (Å²) >= 11 is 0. The van der Waals surface area contributed by atoms with Crippen molar-refractivity contribution in [1.29, 1.82) is 0 Å². The Balaban J connectivity index is 1.68. The highest BCUT2D eigenvalue weighted by molar-refractivity contribution is 5.94. The number of nitrogens with one attached hydrogen (secondary N) is 1. The topological polar surface area (TPSA) is 88.5 Å². The van der Waals surface area contributed by atoms with Crippen LogP contribution in [0.4, 0.5) is 13.2 Å². The van der Waals surface area contributed by atoms with Gasteiger partial charge in [-0.3, -0.25) is 14.6 Å². The van der Waals surface area contributed by atoms with Crippen molar-refractivity contribution in [2.75, 3.05) is 6.54 Å². The van der Waals surface area contributed by atoms with Crippen LogP contribution in [-0.4, -0.2) is 28.5 Å². The van der Waals surface area contributed by atoms with E-state index in [1.54, 1.807) is 48.5 Å². The Bertz CT molecular complexity index is 1140. The zero-order valence-corrected chi connectivity index (χ0v) is 19.2. The predicted octanol–water partition coefficient (Wildman–Crippen LogP) is 5.75. The third-order valence-electron chi connectivity index (χ3n) is 5.24. The van der Waals surface area contributed by atoms with Gasteiger partial charge in [0.2, 0.25) is 0 Å². The first kappa shape index (κ1) is 25.7. The van der Waals surface area contributed by atoms with E-state index in [0.717, 1.165) is 11.6 Å². The molecule has 0 aliphatic rings. The van der Waals surface area contributed by atoms with Crippen molar-refractivity contribution in [3.63, 3.8) is 0 Å². The Morgan fingerprint density at radius 1 is 0.971 bits per heavy atom. The van der Waals surface area contributed by atoms with Crippen molar-refractivity contribution in [1.82, 2.24) is 10.3 Å². The quantitative estimate of drug-likeness (QED) is 0.402. The van der Waals surface area contributed by atoms with Crippen LogP contribution >= 0.6 is 0 Å². The third kappa shape index (κ3) is 7.05. The second-order valence-electron chi connectivity index (χ2n) is 8.26. The minimum Gasteiger partial charge on any atom is -0.485 e. The van der Waals surface area contributed by atoms with Crippen molar-refractivity contribution in [3.8, 4) is 16.9 Å². The number of aliphatic carboxylic acids is 1. The summed E-state index contributed by atoms with van der Waals surface area (Å²) < 4.78 is 44.3. The SMILES string of the molecule is CC(C)C(Oc1ccc(-c2ccc(C(F)(F)F)nc2)cc1)c1ccc(C(=O)NCCC(=O)O)cc1. The van der Waals surface area contributed by atoms with Crippen LogP contribution in [0.15, 0.2) is 66.9 Å². The first-order valence-electron chi connectivity index (χ1n) is 10.9. The van der Waals surface area contributed by atoms with Gasteiger partial charge in [-0.25, -0.2) is 0 Å². The first-order valence-corrected chi connectivity index (χ1v) is 10.9. The average molecular weight is 486 g/mol. The number of hydrogen-bond donors (Lipinski definition) is 2. The molecule has 0 saturated heterocycles. The molecule has 1 amide bonds. The van der Waals surface area contributed by atoms with Gasteiger partial charge in [0.1, 0.15) is 17.5 Å². The van der Waals surface area contributed by atoms with Crippen molar-refractivity contribution in [2.45, 2.75) is 32.5 Å². The molecule has 1 atom stereocenters. The smallest absolute Gasteiger partial charge is 0.433 e. The van der Waals surface area contributed by atoms with E-state index in [9.17, 15) is 22.8 Å². The molecular weight excluding hydrogens is 461 g/mol. The first-order chi connectivity index (χ1) is 16.5. The number of aromatic nitrogens is 1. The summed E-state index contributed by atoms with van der Waals surface area (Å²) in [7, 11) is 0. The van der Waals surface area contributed by atoms with Crippen LogP contribution in [0.25, 0.3) is 11.1 Å². The van der Waals surface area contributed by atoms with Crippen LogP contribution < -0.4 is 10.1 Å². The van der Waals surface area contributed by atoms with E-state index in [1.165, 1.54) is 12.3 Å². The summed E-state index contributed by atoms with van der Waals surface area (Å²) in [6, 6.07) is 16.2. The summed E-state index contributed by atoms with van der Waals surface area (Å²) in [5.41, 5.74) is 1.60. The highest BCUT2D eigenvalue weighted by atomic mass is 19.4. The fourth-order valence-corrected chi connectivity index (χ4v) is 3.40. The highest BCUT2D eigenvalue weighted by Crippen LogP contribution is 2.32. The average Bonchev–Trinajstić information content (AvgIpc) is 2.82. The van der Waals surface area contributed by atoms with E-state index >= 15 is 0 Å². The van der Waals surface area contributed by atoms with E-state index in [-0.39, 0.29) is 30.9 Å². The number of nitrogens with zero attached hydrogens (tertiary/aromatic N) is 1. The normalized spacial score (nSPS) is 12.3. The maximum Gasteiger partial charge on any atom is 0.433 e. The summed E-state index contributed by atoms with van der Waals surface area (Å²) in [6.45, 7) is 4.05. The van der Waals surface area contributed by atoms with Crippen LogP contribution in [0.5, 0.6) is 5.75 Å². The van der Waals surface area contributed by atoms with E-state index in [4.69, 9.17) is 9.84 Å². The predicted molar refractivity (Wildman–Crippen MR) is 124 cm³/mol. The van der Waals surface area contributed by atoms with Crippen LogP contribution in [0.3, 0.4) is 0 Å². The fourth-order valence-electron chi connectivity index (χ4n) is 3.40. The fraction of sp³-hybridized carbons (Fsp3) is 0.269. The molecular formula is C26H25F3N2O4. The molecule has 0 aliphatic heterocycles. The van der Waals surface area contributed by atoms with E-state index in [1.807, 2.05) is 13.8 Å². The number of hydrogen-bond acceptors (Lipinski definition) is 4. The summed E-state index contributed by atoms with van der Waals surface area (Å²) in [4.78, 5) is 26.2. The van der Waals surface area contributed by atoms with Crippen molar-refractivity contribution in [3.05, 3.63) is 83.7 Å². The van der Waals surface area contributed by atoms with Crippen molar-refractivity contribution < 1.29 is 32.6 Å². The molecule has 3 aromatic rings. The van der Waals surface area contributed by atoms with Gasteiger partial charge in [-0.2, -0.15) is 13.2 Å². The lowest BCUT2D eigenvalue weighted by molar-refractivity contribution is -0.141. The van der Waals surface area contributed by atoms with E-state index in [2.05, 4.69) is 10.3 Å². The molecule has 184 valence electrons. The second kappa shape index (κ2) is 11.0. The minimum absolute atomic E-state index is 0.0478. The number of amides is 1. The molecule has 0 bridgehead atoms. The number of carbonyl (C=O) groups excluding carboxylic acids is 1. The summed E-state index contributed by atoms with van der Waals surface area (Å²) in [5, 5.41) is 11.2. The van der Waals surface area contributed by atoms with Gasteiger partial charge < -0.3 is 15.2 Å². The number of carbonyl (C=O) groups is 2. The summed E-state index contributed by atoms with van der Waals surface area (Å²) in [6.07, 6.45) is -3.75. The Morgan fingerprint density at radius 2 is 1.60 bits per heavy atom. The monoisotopic (exact) mass is 486 g/mol. The number of pyridine rings is 1. The van der Waals surface area contributed by atoms with Crippen LogP contribution in [0, 0.1) is 5.92 Å². The van der Waals surface area contributed by atoms with Gasteiger partial charge in [-0.05, 0) is 47.4 Å². The van der Waals surface area contributed by atoms with Crippen molar-refractivity contribution >= 4 is 11.9 Å². The molecule has 0 aliphatic carbocycles. The van der Waals surface area contributed by atoms with Gasteiger partial charge in [0.25, 0.3) is 5.91 Å². The molecule has 1 aromatic heterocycles. The Kier molecular flexibility index (Phi) is 8.11. The second-order valence-corrected chi connectivity index (χ2v) is 8.26. The lowest BCUT2D eigenvalue weighted by atomic mass is 9.97. The number of halogens is 3. The number of ether oxygens (including phenoxy) is 1. The van der Waals surface area contributed by atoms with Gasteiger partial charge in [-0.15, -0.1) is 0 Å². The highest BCUT2D eigenvalue weighted by Gasteiger charge is 2.32. The summed E-state index contributed by atoms with van der Waals surface area (Å²) in [5.74, 6) is -0.651. The molecule has 2 aromatic carbocycles. The molecule has 1 unspecified atom stereocenters. The zero-order valence-electron chi connectivity index (χ0n) is 19.2. The Labute approximate surface area is 200 Å². The van der Waals surface area contributed by atoms with E-state index < -0.39 is 17.8 Å². The van der Waals surface area contributed by atoms with Gasteiger partial charge in [0.05, 0.1) is 6.42 Å². The molecule has 2 N–H and O–H groups in total. The van der Waals surface area contributed by atoms with Gasteiger partial charge >= 0.3 is 12.1 Å². The molecule has 35 heavy (non-hydrogen) atoms. The van der Waals surface area contributed by atoms with Gasteiger partial charge in [-0.1, -0.05) is 44.2 Å². The maximum atomic E-state index is 12.7. The largest absolute Gasteiger partial charge is 0.485 e. The number of alkyl halides is 3. The van der Waals surface area contributed by atoms with Crippen LogP contribution in [0.2, 0.25) is 0 Å².